The molecule has 2 fully saturated rings. The van der Waals surface area contributed by atoms with Crippen molar-refractivity contribution in [1.82, 2.24) is 10.6 Å². The Morgan fingerprint density at radius 3 is 1.32 bits per heavy atom. The summed E-state index contributed by atoms with van der Waals surface area (Å²) in [6.45, 7) is 3.55. The lowest BCUT2D eigenvalue weighted by Gasteiger charge is -2.47. The van der Waals surface area contributed by atoms with Crippen molar-refractivity contribution >= 4 is 35.9 Å². The van der Waals surface area contributed by atoms with Crippen LogP contribution in [0.5, 0.6) is 0 Å². The molecule has 2 heterocycles. The van der Waals surface area contributed by atoms with E-state index in [9.17, 15) is 59.4 Å². The molecule has 0 spiro atoms. The molecule has 0 aliphatic carbocycles. The Morgan fingerprint density at radius 1 is 0.462 bits per heavy atom. The molecule has 454 valence electrons. The summed E-state index contributed by atoms with van der Waals surface area (Å²) in [4.78, 5) is 71.8. The van der Waals surface area contributed by atoms with Gasteiger partial charge in [0.15, 0.2) is 19.1 Å². The molecule has 0 bridgehead atoms. The van der Waals surface area contributed by atoms with Gasteiger partial charge < -0.3 is 83.7 Å². The molecule has 0 saturated carbocycles. The maximum absolute atomic E-state index is 12.6. The van der Waals surface area contributed by atoms with Gasteiger partial charge in [-0.1, -0.05) is 116 Å². The molecular formula is C55H100N3O20+. The summed E-state index contributed by atoms with van der Waals surface area (Å²) in [5.41, 5.74) is 0. The Bertz CT molecular complexity index is 1660. The van der Waals surface area contributed by atoms with Crippen molar-refractivity contribution in [3.05, 3.63) is 0 Å². The minimum absolute atomic E-state index is 0.0801. The number of unbranched alkanes of at least 4 members (excludes halogenated alkanes) is 21. The number of likely N-dealkylation sites (N-methyl/N-ethyl adjacent to an activating group) is 1. The maximum atomic E-state index is 12.6. The lowest BCUT2D eigenvalue weighted by molar-refractivity contribution is -0.883. The highest BCUT2D eigenvalue weighted by atomic mass is 16.7. The number of alkyl carbamates (subject to hydrolysis) is 1. The molecule has 2 aliphatic heterocycles. The monoisotopic (exact) mass is 1120 g/mol. The number of quaternary nitrogens is 1. The molecule has 10 atom stereocenters. The maximum Gasteiger partial charge on any atom is 0.407 e. The van der Waals surface area contributed by atoms with E-state index < -0.39 is 86.5 Å². The number of rotatable bonds is 44. The van der Waals surface area contributed by atoms with Gasteiger partial charge in [0.25, 0.3) is 0 Å². The highest BCUT2D eigenvalue weighted by Crippen LogP contribution is 2.29. The van der Waals surface area contributed by atoms with Crippen molar-refractivity contribution in [2.24, 2.45) is 0 Å². The molecule has 2 aliphatic rings. The van der Waals surface area contributed by atoms with E-state index in [1.807, 2.05) is 14.1 Å². The van der Waals surface area contributed by atoms with E-state index in [4.69, 9.17) is 37.9 Å². The number of hydrogen-bond donors (Lipinski definition) is 8. The van der Waals surface area contributed by atoms with E-state index in [0.29, 0.717) is 50.1 Å². The van der Waals surface area contributed by atoms with Crippen LogP contribution in [0.4, 0.5) is 4.79 Å². The molecule has 8 N–H and O–H groups in total. The molecule has 0 radical (unpaired) electrons. The molecular weight excluding hydrogens is 1020 g/mol. The highest BCUT2D eigenvalue weighted by Gasteiger charge is 2.51. The fourth-order valence-corrected chi connectivity index (χ4v) is 9.23. The van der Waals surface area contributed by atoms with Gasteiger partial charge in [-0.3, -0.25) is 19.2 Å². The van der Waals surface area contributed by atoms with Crippen LogP contribution in [0, 0.1) is 0 Å². The van der Waals surface area contributed by atoms with Crippen LogP contribution in [0.15, 0.2) is 0 Å². The van der Waals surface area contributed by atoms with Crippen LogP contribution in [-0.2, 0) is 61.9 Å². The zero-order valence-corrected chi connectivity index (χ0v) is 47.4. The number of nitrogens with one attached hydrogen (secondary N) is 2. The van der Waals surface area contributed by atoms with Gasteiger partial charge in [0.05, 0.1) is 53.7 Å². The zero-order chi connectivity index (χ0) is 57.6. The Morgan fingerprint density at radius 2 is 0.885 bits per heavy atom. The van der Waals surface area contributed by atoms with E-state index in [1.54, 1.807) is 0 Å². The van der Waals surface area contributed by atoms with Crippen LogP contribution in [-0.4, -0.2) is 206 Å². The third-order valence-electron chi connectivity index (χ3n) is 13.9. The number of aliphatic hydroxyl groups is 6. The number of hydrogen-bond acceptors (Lipinski definition) is 20. The van der Waals surface area contributed by atoms with Crippen molar-refractivity contribution in [3.63, 3.8) is 0 Å². The predicted octanol–water partition coefficient (Wildman–Crippen LogP) is 3.89. The number of aliphatic hydroxyl groups excluding tert-OH is 6. The van der Waals surface area contributed by atoms with Crippen LogP contribution >= 0.6 is 0 Å². The molecule has 23 heteroatoms. The standard InChI is InChI=1S/C55H99N3O20/c1-40(61)56-48-50(67)49(66)42(38-59)77-54(48)78-52-43(39-60)76-53(69)47(51(52)68)57-55(70)75-35-28-22-16-10-9-14-20-26-33-73-45(64)30-24-18-12-6-5-11-17-23-29-44(63)72-32-25-19-13-7-8-15-21-27-34-74-46(65)37-58(3,4)31-36-71-41(2)62/h42-43,47-54,59-60,66-69H,5-39H2,1-4H3,(H-,56,57,61,70)/p+1/t42?,43?,47?,48?,49-,50-,51-,52-,53-,54+/m0/s1. The summed E-state index contributed by atoms with van der Waals surface area (Å²) in [6.07, 6.45) is 11.0. The van der Waals surface area contributed by atoms with Crippen LogP contribution in [0.1, 0.15) is 181 Å². The first-order valence-corrected chi connectivity index (χ1v) is 28.9. The topological polar surface area (TPSA) is 322 Å². The average Bonchev–Trinajstić information content (AvgIpc) is 3.47. The van der Waals surface area contributed by atoms with Crippen LogP contribution in [0.3, 0.4) is 0 Å². The minimum Gasteiger partial charge on any atom is -0.466 e. The first-order chi connectivity index (χ1) is 37.4. The number of nitrogens with zero attached hydrogens (tertiary/aromatic N) is 1. The molecule has 0 aromatic heterocycles. The Balaban J connectivity index is 1.36. The van der Waals surface area contributed by atoms with Gasteiger partial charge in [-0.15, -0.1) is 0 Å². The van der Waals surface area contributed by atoms with Crippen LogP contribution < -0.4 is 10.6 Å². The van der Waals surface area contributed by atoms with Gasteiger partial charge in [0.1, 0.15) is 61.9 Å². The highest BCUT2D eigenvalue weighted by molar-refractivity contribution is 5.73. The summed E-state index contributed by atoms with van der Waals surface area (Å²) in [7, 11) is 3.81. The van der Waals surface area contributed by atoms with Crippen LogP contribution in [0.2, 0.25) is 0 Å². The largest absolute Gasteiger partial charge is 0.466 e. The fraction of sp³-hybridized carbons (Fsp3) is 0.891. The second-order valence-electron chi connectivity index (χ2n) is 21.4. The van der Waals surface area contributed by atoms with E-state index in [1.165, 1.54) is 6.92 Å². The first-order valence-electron chi connectivity index (χ1n) is 28.9. The van der Waals surface area contributed by atoms with Crippen LogP contribution in [0.25, 0.3) is 0 Å². The SMILES string of the molecule is CC(=O)NC1[C@@H](O[C@H]2C(CO)O[C@H](O)C(NC(=O)OCCCCCCCCCCOC(=O)CCCCCCCCCCC(=O)OCCCCCCCCCCOC(=O)C[N+](C)(C)CCOC(C)=O)[C@@H]2O)OC(CO)[C@H](O)[C@H]1O. The normalized spacial score (nSPS) is 23.3. The number of carbonyl (C=O) groups is 6. The minimum atomic E-state index is -1.77. The first kappa shape index (κ1) is 70.3. The summed E-state index contributed by atoms with van der Waals surface area (Å²) in [6, 6.07) is -2.83. The van der Waals surface area contributed by atoms with Gasteiger partial charge in [-0.05, 0) is 38.5 Å². The zero-order valence-electron chi connectivity index (χ0n) is 47.4. The quantitative estimate of drug-likeness (QED) is 0.0186. The van der Waals surface area contributed by atoms with Crippen molar-refractivity contribution in [1.29, 1.82) is 0 Å². The fourth-order valence-electron chi connectivity index (χ4n) is 9.23. The number of amides is 2. The smallest absolute Gasteiger partial charge is 0.407 e. The molecule has 2 saturated heterocycles. The van der Waals surface area contributed by atoms with Gasteiger partial charge in [-0.2, -0.15) is 0 Å². The molecule has 2 rings (SSSR count). The van der Waals surface area contributed by atoms with Gasteiger partial charge >= 0.3 is 30.0 Å². The number of ether oxygens (including phenoxy) is 8. The van der Waals surface area contributed by atoms with E-state index in [2.05, 4.69) is 10.6 Å². The van der Waals surface area contributed by atoms with E-state index in [0.717, 1.165) is 155 Å². The third kappa shape index (κ3) is 31.9. The van der Waals surface area contributed by atoms with Crippen molar-refractivity contribution < 1.29 is 102 Å². The lowest BCUT2D eigenvalue weighted by atomic mass is 9.94. The summed E-state index contributed by atoms with van der Waals surface area (Å²) in [5.74, 6) is -1.43. The predicted molar refractivity (Wildman–Crippen MR) is 284 cm³/mol. The molecule has 78 heavy (non-hydrogen) atoms. The molecule has 0 aromatic rings. The average molecular weight is 1120 g/mol. The van der Waals surface area contributed by atoms with E-state index >= 15 is 0 Å². The molecule has 2 amide bonds. The Hall–Kier alpha value is -3.78. The van der Waals surface area contributed by atoms with Gasteiger partial charge in [-0.25, -0.2) is 9.59 Å². The Kier molecular flexibility index (Phi) is 38.0. The van der Waals surface area contributed by atoms with Gasteiger partial charge in [0, 0.05) is 26.7 Å². The summed E-state index contributed by atoms with van der Waals surface area (Å²) in [5, 5.41) is 66.8. The van der Waals surface area contributed by atoms with Crippen molar-refractivity contribution in [2.75, 3.05) is 73.4 Å². The molecule has 4 unspecified atom stereocenters. The number of esters is 4. The summed E-state index contributed by atoms with van der Waals surface area (Å²) >= 11 is 0. The second kappa shape index (κ2) is 42.1. The van der Waals surface area contributed by atoms with E-state index in [-0.39, 0.29) is 43.6 Å². The number of carbonyl (C=O) groups excluding carboxylic acids is 6. The molecule has 23 nitrogen and oxygen atoms in total. The third-order valence-corrected chi connectivity index (χ3v) is 13.9. The second-order valence-corrected chi connectivity index (χ2v) is 21.4. The Labute approximate surface area is 462 Å². The molecule has 0 aromatic carbocycles. The van der Waals surface area contributed by atoms with Crippen molar-refractivity contribution in [2.45, 2.75) is 242 Å². The van der Waals surface area contributed by atoms with Crippen molar-refractivity contribution in [3.8, 4) is 0 Å². The summed E-state index contributed by atoms with van der Waals surface area (Å²) < 4.78 is 43.6. The van der Waals surface area contributed by atoms with Gasteiger partial charge in [0.2, 0.25) is 5.91 Å². The lowest BCUT2D eigenvalue weighted by Crippen LogP contribution is -2.69.